The largest absolute Gasteiger partial charge is 0.494 e. The summed E-state index contributed by atoms with van der Waals surface area (Å²) >= 11 is 6.00. The maximum Gasteiger partial charge on any atom is 0.240 e. The molecular weight excluding hydrogens is 340 g/mol. The fraction of sp³-hybridized carbons (Fsp3) is 0.263. The first-order valence-corrected chi connectivity index (χ1v) is 8.45. The van der Waals surface area contributed by atoms with E-state index in [1.54, 1.807) is 36.4 Å². The normalized spacial score (nSPS) is 12.1. The summed E-state index contributed by atoms with van der Waals surface area (Å²) in [4.78, 5) is 11.8. The van der Waals surface area contributed by atoms with E-state index in [2.05, 4.69) is 10.5 Å². The number of carbonyl (C=O) groups excluding carboxylic acids is 1. The number of hydrogen-bond acceptors (Lipinski definition) is 4. The Labute approximate surface area is 152 Å². The van der Waals surface area contributed by atoms with Crippen LogP contribution in [-0.4, -0.2) is 23.8 Å². The first-order chi connectivity index (χ1) is 12.1. The Balaban J connectivity index is 1.78. The van der Waals surface area contributed by atoms with Crippen molar-refractivity contribution < 1.29 is 14.6 Å². The van der Waals surface area contributed by atoms with Gasteiger partial charge >= 0.3 is 0 Å². The van der Waals surface area contributed by atoms with Crippen molar-refractivity contribution in [2.75, 3.05) is 6.61 Å². The summed E-state index contributed by atoms with van der Waals surface area (Å²) in [5.74, 6) is 0.485. The highest BCUT2D eigenvalue weighted by Gasteiger charge is 2.10. The molecule has 0 saturated heterocycles. The van der Waals surface area contributed by atoms with E-state index in [9.17, 15) is 9.90 Å². The lowest BCUT2D eigenvalue weighted by atomic mass is 10.0. The fourth-order valence-electron chi connectivity index (χ4n) is 2.20. The predicted octanol–water partition coefficient (Wildman–Crippen LogP) is 3.70. The lowest BCUT2D eigenvalue weighted by Crippen LogP contribution is -2.18. The zero-order valence-corrected chi connectivity index (χ0v) is 14.7. The van der Waals surface area contributed by atoms with Crippen LogP contribution in [0.25, 0.3) is 0 Å². The van der Waals surface area contributed by atoms with Gasteiger partial charge in [-0.3, -0.25) is 4.79 Å². The van der Waals surface area contributed by atoms with Gasteiger partial charge in [0.05, 0.1) is 18.9 Å². The molecule has 6 heteroatoms. The molecule has 0 aliphatic heterocycles. The molecule has 2 N–H and O–H groups in total. The standard InChI is InChI=1S/C19H21ClN2O3/c1-2-25-16-9-7-14(8-10-16)18(23)11-12-19(24)22-21-13-15-5-3-4-6-17(15)20/h3-10,13,18,23H,2,11-12H2,1H3,(H,22,24)/b21-13-/t18-/m0/s1. The minimum atomic E-state index is -0.714. The number of rotatable bonds is 8. The zero-order chi connectivity index (χ0) is 18.1. The average Bonchev–Trinajstić information content (AvgIpc) is 2.62. The van der Waals surface area contributed by atoms with Gasteiger partial charge in [-0.25, -0.2) is 5.43 Å². The maximum absolute atomic E-state index is 11.8. The van der Waals surface area contributed by atoms with Crippen molar-refractivity contribution in [1.29, 1.82) is 0 Å². The molecule has 5 nitrogen and oxygen atoms in total. The Hall–Kier alpha value is -2.37. The number of amides is 1. The van der Waals surface area contributed by atoms with Crippen molar-refractivity contribution >= 4 is 23.7 Å². The third kappa shape index (κ3) is 6.21. The van der Waals surface area contributed by atoms with Crippen molar-refractivity contribution in [2.24, 2.45) is 5.10 Å². The number of aliphatic hydroxyl groups excluding tert-OH is 1. The molecule has 0 aromatic heterocycles. The van der Waals surface area contributed by atoms with Crippen LogP contribution in [0.5, 0.6) is 5.75 Å². The molecule has 0 bridgehead atoms. The molecule has 2 aromatic carbocycles. The van der Waals surface area contributed by atoms with Gasteiger partial charge in [0.25, 0.3) is 0 Å². The topological polar surface area (TPSA) is 70.9 Å². The quantitative estimate of drug-likeness (QED) is 0.557. The van der Waals surface area contributed by atoms with Crippen molar-refractivity contribution in [3.63, 3.8) is 0 Å². The monoisotopic (exact) mass is 360 g/mol. The third-order valence-corrected chi connectivity index (χ3v) is 3.86. The Kier molecular flexibility index (Phi) is 7.44. The zero-order valence-electron chi connectivity index (χ0n) is 14.0. The Morgan fingerprint density at radius 1 is 1.28 bits per heavy atom. The molecule has 132 valence electrons. The van der Waals surface area contributed by atoms with E-state index in [1.165, 1.54) is 6.21 Å². The van der Waals surface area contributed by atoms with Crippen molar-refractivity contribution in [3.05, 3.63) is 64.7 Å². The summed E-state index contributed by atoms with van der Waals surface area (Å²) < 4.78 is 5.36. The van der Waals surface area contributed by atoms with E-state index in [1.807, 2.05) is 19.1 Å². The van der Waals surface area contributed by atoms with Crippen molar-refractivity contribution in [2.45, 2.75) is 25.9 Å². The van der Waals surface area contributed by atoms with Crippen LogP contribution in [0.4, 0.5) is 0 Å². The van der Waals surface area contributed by atoms with Gasteiger partial charge in [0, 0.05) is 17.0 Å². The molecule has 0 aliphatic carbocycles. The number of hydrogen-bond donors (Lipinski definition) is 2. The molecule has 2 rings (SSSR count). The van der Waals surface area contributed by atoms with Crippen LogP contribution < -0.4 is 10.2 Å². The molecule has 1 amide bonds. The second-order valence-corrected chi connectivity index (χ2v) is 5.78. The number of carbonyl (C=O) groups is 1. The number of aliphatic hydroxyl groups is 1. The van der Waals surface area contributed by atoms with E-state index in [4.69, 9.17) is 16.3 Å². The molecule has 0 aliphatic rings. The lowest BCUT2D eigenvalue weighted by Gasteiger charge is -2.11. The maximum atomic E-state index is 11.8. The highest BCUT2D eigenvalue weighted by Crippen LogP contribution is 2.21. The molecule has 1 atom stereocenters. The Morgan fingerprint density at radius 3 is 2.68 bits per heavy atom. The molecular formula is C19H21ClN2O3. The van der Waals surface area contributed by atoms with Gasteiger partial charge in [-0.15, -0.1) is 0 Å². The molecule has 0 saturated carbocycles. The summed E-state index contributed by atoms with van der Waals surface area (Å²) in [6.07, 6.45) is 1.24. The van der Waals surface area contributed by atoms with Crippen LogP contribution in [0.1, 0.15) is 37.0 Å². The Morgan fingerprint density at radius 2 is 2.00 bits per heavy atom. The molecule has 25 heavy (non-hydrogen) atoms. The third-order valence-electron chi connectivity index (χ3n) is 3.52. The van der Waals surface area contributed by atoms with Gasteiger partial charge in [-0.05, 0) is 37.1 Å². The fourth-order valence-corrected chi connectivity index (χ4v) is 2.38. The number of hydrazone groups is 1. The minimum Gasteiger partial charge on any atom is -0.494 e. The van der Waals surface area contributed by atoms with Gasteiger partial charge in [-0.1, -0.05) is 41.9 Å². The number of ether oxygens (including phenoxy) is 1. The van der Waals surface area contributed by atoms with E-state index in [0.29, 0.717) is 18.1 Å². The number of nitrogens with one attached hydrogen (secondary N) is 1. The summed E-state index contributed by atoms with van der Waals surface area (Å²) in [5.41, 5.74) is 3.90. The lowest BCUT2D eigenvalue weighted by molar-refractivity contribution is -0.121. The first kappa shape index (κ1) is 19.0. The van der Waals surface area contributed by atoms with Crippen molar-refractivity contribution in [3.8, 4) is 5.75 Å². The molecule has 0 heterocycles. The molecule has 0 fully saturated rings. The van der Waals surface area contributed by atoms with Crippen LogP contribution in [0.2, 0.25) is 5.02 Å². The smallest absolute Gasteiger partial charge is 0.240 e. The molecule has 2 aromatic rings. The van der Waals surface area contributed by atoms with Crippen LogP contribution in [0.15, 0.2) is 53.6 Å². The van der Waals surface area contributed by atoms with Gasteiger partial charge in [0.15, 0.2) is 0 Å². The number of benzene rings is 2. The second-order valence-electron chi connectivity index (χ2n) is 5.37. The number of nitrogens with zero attached hydrogens (tertiary/aromatic N) is 1. The van der Waals surface area contributed by atoms with Gasteiger partial charge in [-0.2, -0.15) is 5.10 Å². The van der Waals surface area contributed by atoms with Gasteiger partial charge in [0.1, 0.15) is 5.75 Å². The highest BCUT2D eigenvalue weighted by molar-refractivity contribution is 6.33. The van der Waals surface area contributed by atoms with Gasteiger partial charge in [0.2, 0.25) is 5.91 Å². The first-order valence-electron chi connectivity index (χ1n) is 8.07. The average molecular weight is 361 g/mol. The second kappa shape index (κ2) is 9.81. The Bertz CT molecular complexity index is 717. The molecule has 0 unspecified atom stereocenters. The van der Waals surface area contributed by atoms with E-state index in [-0.39, 0.29) is 12.3 Å². The predicted molar refractivity (Wildman–Crippen MR) is 99.0 cm³/mol. The van der Waals surface area contributed by atoms with Crippen LogP contribution in [0.3, 0.4) is 0 Å². The van der Waals surface area contributed by atoms with E-state index in [0.717, 1.165) is 16.9 Å². The highest BCUT2D eigenvalue weighted by atomic mass is 35.5. The SMILES string of the molecule is CCOc1ccc([C@@H](O)CCC(=O)N/N=C\c2ccccc2Cl)cc1. The number of halogens is 1. The molecule has 0 spiro atoms. The summed E-state index contributed by atoms with van der Waals surface area (Å²) in [7, 11) is 0. The van der Waals surface area contributed by atoms with Crippen LogP contribution in [0, 0.1) is 0 Å². The van der Waals surface area contributed by atoms with Crippen LogP contribution in [-0.2, 0) is 4.79 Å². The van der Waals surface area contributed by atoms with Crippen molar-refractivity contribution in [1.82, 2.24) is 5.43 Å². The van der Waals surface area contributed by atoms with Crippen LogP contribution >= 0.6 is 11.6 Å². The summed E-state index contributed by atoms with van der Waals surface area (Å²) in [5, 5.41) is 14.6. The molecule has 0 radical (unpaired) electrons. The minimum absolute atomic E-state index is 0.161. The summed E-state index contributed by atoms with van der Waals surface area (Å²) in [6, 6.07) is 14.4. The summed E-state index contributed by atoms with van der Waals surface area (Å²) in [6.45, 7) is 2.51. The van der Waals surface area contributed by atoms with E-state index >= 15 is 0 Å². The van der Waals surface area contributed by atoms with E-state index < -0.39 is 6.10 Å². The van der Waals surface area contributed by atoms with Gasteiger partial charge < -0.3 is 9.84 Å².